The summed E-state index contributed by atoms with van der Waals surface area (Å²) in [5.41, 5.74) is 0.143. The van der Waals surface area contributed by atoms with Crippen molar-refractivity contribution < 1.29 is 35.5 Å². The third-order valence-electron chi connectivity index (χ3n) is 4.16. The molecule has 0 aliphatic carbocycles. The summed E-state index contributed by atoms with van der Waals surface area (Å²) in [4.78, 5) is 13.7. The lowest BCUT2D eigenvalue weighted by molar-refractivity contribution is -0.606. The fraction of sp³-hybridized carbons (Fsp3) is 0.471. The lowest BCUT2D eigenvalue weighted by Crippen LogP contribution is -2.32. The molecule has 0 saturated heterocycles. The van der Waals surface area contributed by atoms with E-state index in [1.54, 1.807) is 6.92 Å². The maximum absolute atomic E-state index is 13.5. The monoisotopic (exact) mass is 486 g/mol. The Balaban J connectivity index is 2.10. The van der Waals surface area contributed by atoms with E-state index in [1.165, 1.54) is 6.20 Å². The largest absolute Gasteiger partial charge is 0.619 e. The maximum Gasteiger partial charge on any atom is 0.389 e. The number of halogens is 5. The minimum absolute atomic E-state index is 0.0406. The Hall–Kier alpha value is -2.41. The molecule has 0 radical (unpaired) electrons. The van der Waals surface area contributed by atoms with Crippen molar-refractivity contribution in [2.24, 2.45) is 0 Å². The Morgan fingerprint density at radius 3 is 2.58 bits per heavy atom. The molecule has 0 atom stereocenters. The van der Waals surface area contributed by atoms with Gasteiger partial charge in [-0.1, -0.05) is 11.6 Å². The highest BCUT2D eigenvalue weighted by Crippen LogP contribution is 2.27. The van der Waals surface area contributed by atoms with Crippen LogP contribution in [0.2, 0.25) is 5.15 Å². The molecule has 0 aliphatic heterocycles. The second-order valence-corrected chi connectivity index (χ2v) is 9.24. The first-order valence-electron chi connectivity index (χ1n) is 9.04. The van der Waals surface area contributed by atoms with Crippen LogP contribution in [0.4, 0.5) is 23.2 Å². The molecule has 0 unspecified atom stereocenters. The number of anilines is 1. The predicted octanol–water partition coefficient (Wildman–Crippen LogP) is 2.80. The number of hydrogen-bond acceptors (Lipinski definition) is 5. The van der Waals surface area contributed by atoms with Crippen LogP contribution in [0.15, 0.2) is 24.7 Å². The molecule has 2 heterocycles. The number of amides is 1. The smallest absolute Gasteiger partial charge is 0.389 e. The number of rotatable bonds is 9. The number of aromatic nitrogens is 3. The predicted molar refractivity (Wildman–Crippen MR) is 104 cm³/mol. The number of sulfone groups is 1. The van der Waals surface area contributed by atoms with Gasteiger partial charge in [0, 0.05) is 25.5 Å². The molecule has 2 aromatic rings. The first-order chi connectivity index (χ1) is 14.3. The van der Waals surface area contributed by atoms with Gasteiger partial charge in [0.1, 0.15) is 11.4 Å². The first kappa shape index (κ1) is 24.9. The molecule has 2 aromatic heterocycles. The molecule has 31 heavy (non-hydrogen) atoms. The number of nitrogens with zero attached hydrogens (tertiary/aromatic N) is 4. The van der Waals surface area contributed by atoms with Crippen LogP contribution in [0.3, 0.4) is 0 Å². The zero-order valence-corrected chi connectivity index (χ0v) is 17.8. The summed E-state index contributed by atoms with van der Waals surface area (Å²) in [6, 6.07) is 1.02. The van der Waals surface area contributed by atoms with Gasteiger partial charge in [0.2, 0.25) is 18.3 Å². The van der Waals surface area contributed by atoms with E-state index in [9.17, 15) is 36.0 Å². The van der Waals surface area contributed by atoms with E-state index >= 15 is 0 Å². The van der Waals surface area contributed by atoms with Gasteiger partial charge < -0.3 is 10.1 Å². The van der Waals surface area contributed by atoms with E-state index in [0.717, 1.165) is 21.8 Å². The summed E-state index contributed by atoms with van der Waals surface area (Å²) in [5, 5.41) is 15.2. The molecule has 2 rings (SSSR count). The van der Waals surface area contributed by atoms with Crippen LogP contribution in [0, 0.1) is 11.0 Å². The fourth-order valence-corrected chi connectivity index (χ4v) is 4.25. The van der Waals surface area contributed by atoms with Crippen molar-refractivity contribution in [2.45, 2.75) is 32.4 Å². The van der Waals surface area contributed by atoms with E-state index in [2.05, 4.69) is 5.10 Å². The van der Waals surface area contributed by atoms with E-state index in [4.69, 9.17) is 11.6 Å². The molecule has 0 fully saturated rings. The molecule has 0 saturated carbocycles. The third-order valence-corrected chi connectivity index (χ3v) is 6.17. The molecular weight excluding hydrogens is 468 g/mol. The van der Waals surface area contributed by atoms with Crippen LogP contribution in [0.1, 0.15) is 26.2 Å². The van der Waals surface area contributed by atoms with E-state index in [-0.39, 0.29) is 27.8 Å². The Kier molecular flexibility index (Phi) is 7.87. The Morgan fingerprint density at radius 1 is 1.32 bits per heavy atom. The van der Waals surface area contributed by atoms with E-state index < -0.39 is 58.5 Å². The first-order valence-corrected chi connectivity index (χ1v) is 11.2. The number of pyridine rings is 1. The van der Waals surface area contributed by atoms with Gasteiger partial charge in [-0.3, -0.25) is 4.79 Å². The molecule has 0 bridgehead atoms. The standard InChI is InChI=1S/C17H19ClF4N4O4S/c1-2-25(15(27)4-7-31(29,30)6-3-5-17(20,21)22)14-11-26(23-16(14)18)13-8-12(19)9-24(28)10-13/h8-11H,2-7H2,1H3. The van der Waals surface area contributed by atoms with Gasteiger partial charge in [-0.05, 0) is 13.3 Å². The minimum Gasteiger partial charge on any atom is -0.619 e. The van der Waals surface area contributed by atoms with Crippen molar-refractivity contribution in [3.8, 4) is 5.69 Å². The molecule has 8 nitrogen and oxygen atoms in total. The number of carbonyl (C=O) groups is 1. The quantitative estimate of drug-likeness (QED) is 0.308. The Labute approximate surface area is 180 Å². The Morgan fingerprint density at radius 2 is 2.00 bits per heavy atom. The maximum atomic E-state index is 13.5. The lowest BCUT2D eigenvalue weighted by Gasteiger charge is -2.19. The summed E-state index contributed by atoms with van der Waals surface area (Å²) in [5.74, 6) is -2.76. The van der Waals surface area contributed by atoms with Crippen molar-refractivity contribution in [1.29, 1.82) is 0 Å². The van der Waals surface area contributed by atoms with Crippen molar-refractivity contribution in [3.63, 3.8) is 0 Å². The van der Waals surface area contributed by atoms with Crippen molar-refractivity contribution in [1.82, 2.24) is 9.78 Å². The third kappa shape index (κ3) is 7.35. The zero-order chi connectivity index (χ0) is 23.4. The summed E-state index contributed by atoms with van der Waals surface area (Å²) in [6.45, 7) is 1.68. The van der Waals surface area contributed by atoms with Crippen molar-refractivity contribution in [2.75, 3.05) is 23.0 Å². The summed E-state index contributed by atoms with van der Waals surface area (Å²) in [7, 11) is -3.86. The van der Waals surface area contributed by atoms with E-state index in [1.807, 2.05) is 0 Å². The van der Waals surface area contributed by atoms with Gasteiger partial charge in [-0.25, -0.2) is 17.5 Å². The molecule has 1 amide bonds. The molecule has 0 aliphatic rings. The fourth-order valence-electron chi connectivity index (χ4n) is 2.74. The van der Waals surface area contributed by atoms with Crippen LogP contribution in [0.25, 0.3) is 5.69 Å². The topological polar surface area (TPSA) is 99.2 Å². The van der Waals surface area contributed by atoms with Crippen LogP contribution >= 0.6 is 11.6 Å². The molecule has 0 spiro atoms. The molecule has 0 N–H and O–H groups in total. The number of alkyl halides is 3. The van der Waals surface area contributed by atoms with Crippen LogP contribution in [0.5, 0.6) is 0 Å². The number of hydrogen-bond donors (Lipinski definition) is 0. The van der Waals surface area contributed by atoms with Crippen molar-refractivity contribution >= 4 is 33.0 Å². The van der Waals surface area contributed by atoms with Gasteiger partial charge in [0.15, 0.2) is 20.8 Å². The summed E-state index contributed by atoms with van der Waals surface area (Å²) >= 11 is 6.06. The molecule has 0 aromatic carbocycles. The highest BCUT2D eigenvalue weighted by atomic mass is 35.5. The molecule has 14 heteroatoms. The van der Waals surface area contributed by atoms with Crippen LogP contribution in [-0.2, 0) is 14.6 Å². The van der Waals surface area contributed by atoms with Gasteiger partial charge in [-0.2, -0.15) is 23.0 Å². The average molecular weight is 487 g/mol. The Bertz CT molecular complexity index is 1020. The molecule has 172 valence electrons. The second kappa shape index (κ2) is 9.81. The van der Waals surface area contributed by atoms with Crippen LogP contribution in [-0.4, -0.2) is 48.3 Å². The van der Waals surface area contributed by atoms with Crippen LogP contribution < -0.4 is 9.63 Å². The number of carbonyl (C=O) groups excluding carboxylic acids is 1. The minimum atomic E-state index is -4.45. The highest BCUT2D eigenvalue weighted by Gasteiger charge is 2.28. The van der Waals surface area contributed by atoms with Gasteiger partial charge in [-0.15, -0.1) is 0 Å². The normalized spacial score (nSPS) is 12.2. The zero-order valence-electron chi connectivity index (χ0n) is 16.3. The second-order valence-electron chi connectivity index (χ2n) is 6.58. The summed E-state index contributed by atoms with van der Waals surface area (Å²) < 4.78 is 75.2. The lowest BCUT2D eigenvalue weighted by atomic mass is 10.3. The average Bonchev–Trinajstić information content (AvgIpc) is 3.00. The van der Waals surface area contributed by atoms with E-state index in [0.29, 0.717) is 6.20 Å². The molecular formula is C17H19ClF4N4O4S. The summed E-state index contributed by atoms with van der Waals surface area (Å²) in [6.07, 6.45) is -3.72. The van der Waals surface area contributed by atoms with Gasteiger partial charge in [0.05, 0.1) is 17.7 Å². The van der Waals surface area contributed by atoms with Crippen molar-refractivity contribution in [3.05, 3.63) is 40.8 Å². The van der Waals surface area contributed by atoms with Gasteiger partial charge in [0.25, 0.3) is 0 Å². The van der Waals surface area contributed by atoms with Gasteiger partial charge >= 0.3 is 6.18 Å². The SMILES string of the molecule is CCN(C(=O)CCS(=O)(=O)CCCC(F)(F)F)c1cn(-c2cc(F)c[n+]([O-])c2)nc1Cl. The highest BCUT2D eigenvalue weighted by molar-refractivity contribution is 7.91.